The third-order valence-electron chi connectivity index (χ3n) is 2.63. The van der Waals surface area contributed by atoms with Crippen LogP contribution in [-0.2, 0) is 19.6 Å². The van der Waals surface area contributed by atoms with Crippen molar-refractivity contribution in [2.75, 3.05) is 20.2 Å². The minimum Gasteiger partial charge on any atom is -0.480 e. The number of rotatable bonds is 6. The van der Waals surface area contributed by atoms with Gasteiger partial charge in [0.25, 0.3) is 0 Å². The number of methoxy groups -OCH3 is 1. The molecule has 0 unspecified atom stereocenters. The van der Waals surface area contributed by atoms with Crippen molar-refractivity contribution >= 4 is 33.6 Å². The summed E-state index contributed by atoms with van der Waals surface area (Å²) in [7, 11) is -2.97. The van der Waals surface area contributed by atoms with Gasteiger partial charge >= 0.3 is 11.9 Å². The van der Waals surface area contributed by atoms with Gasteiger partial charge in [-0.2, -0.15) is 4.31 Å². The van der Waals surface area contributed by atoms with E-state index >= 15 is 0 Å². The fraction of sp³-hybridized carbons (Fsp3) is 0.333. The number of ether oxygens (including phenoxy) is 1. The van der Waals surface area contributed by atoms with Gasteiger partial charge in [0, 0.05) is 6.54 Å². The molecular weight excluding hydrogens is 322 g/mol. The third kappa shape index (κ3) is 3.93. The SMILES string of the molecule is CCN(CC(=O)O)S(=O)(=O)c1cc(C(=O)OC)ccc1Cl. The second-order valence-corrected chi connectivity index (χ2v) is 6.28. The zero-order valence-electron chi connectivity index (χ0n) is 11.4. The molecule has 1 aromatic carbocycles. The van der Waals surface area contributed by atoms with Crippen LogP contribution in [0.25, 0.3) is 0 Å². The topological polar surface area (TPSA) is 101 Å². The molecule has 0 aliphatic rings. The monoisotopic (exact) mass is 335 g/mol. The molecule has 0 heterocycles. The highest BCUT2D eigenvalue weighted by Gasteiger charge is 2.28. The summed E-state index contributed by atoms with van der Waals surface area (Å²) in [5.41, 5.74) is 0.00635. The molecule has 1 N–H and O–H groups in total. The van der Waals surface area contributed by atoms with E-state index in [2.05, 4.69) is 4.74 Å². The van der Waals surface area contributed by atoms with E-state index in [4.69, 9.17) is 16.7 Å². The molecule has 0 aromatic heterocycles. The standard InChI is InChI=1S/C12H14ClNO6S/c1-3-14(7-11(15)16)21(18,19)10-6-8(12(17)20-2)4-5-9(10)13/h4-6H,3,7H2,1-2H3,(H,15,16). The summed E-state index contributed by atoms with van der Waals surface area (Å²) in [6, 6.07) is 3.63. The second kappa shape index (κ2) is 6.88. The van der Waals surface area contributed by atoms with Crippen LogP contribution in [0.4, 0.5) is 0 Å². The van der Waals surface area contributed by atoms with E-state index in [-0.39, 0.29) is 22.0 Å². The first-order valence-electron chi connectivity index (χ1n) is 5.83. The van der Waals surface area contributed by atoms with Crippen molar-refractivity contribution in [1.82, 2.24) is 4.31 Å². The summed E-state index contributed by atoms with van der Waals surface area (Å²) in [6.45, 7) is 0.754. The Morgan fingerprint density at radius 3 is 2.48 bits per heavy atom. The van der Waals surface area contributed by atoms with E-state index in [1.54, 1.807) is 0 Å². The number of carbonyl (C=O) groups is 2. The Bertz CT molecular complexity index is 658. The fourth-order valence-corrected chi connectivity index (χ4v) is 3.50. The Morgan fingerprint density at radius 1 is 1.38 bits per heavy atom. The maximum Gasteiger partial charge on any atom is 0.337 e. The van der Waals surface area contributed by atoms with Crippen molar-refractivity contribution in [2.45, 2.75) is 11.8 Å². The molecule has 7 nitrogen and oxygen atoms in total. The van der Waals surface area contributed by atoms with Crippen molar-refractivity contribution in [2.24, 2.45) is 0 Å². The second-order valence-electron chi connectivity index (χ2n) is 3.96. The lowest BCUT2D eigenvalue weighted by molar-refractivity contribution is -0.137. The summed E-state index contributed by atoms with van der Waals surface area (Å²) in [5.74, 6) is -2.01. The molecule has 0 bridgehead atoms. The van der Waals surface area contributed by atoms with Crippen LogP contribution in [0.3, 0.4) is 0 Å². The molecule has 0 radical (unpaired) electrons. The summed E-state index contributed by atoms with van der Waals surface area (Å²) < 4.78 is 30.1. The molecule has 1 aromatic rings. The molecule has 0 amide bonds. The first kappa shape index (κ1) is 17.4. The molecule has 0 saturated heterocycles. The number of likely N-dealkylation sites (N-methyl/N-ethyl adjacent to an activating group) is 1. The van der Waals surface area contributed by atoms with E-state index < -0.39 is 28.5 Å². The number of hydrogen-bond acceptors (Lipinski definition) is 5. The lowest BCUT2D eigenvalue weighted by atomic mass is 10.2. The summed E-state index contributed by atoms with van der Waals surface area (Å²) in [6.07, 6.45) is 0. The van der Waals surface area contributed by atoms with Crippen LogP contribution in [-0.4, -0.2) is 50.0 Å². The van der Waals surface area contributed by atoms with Gasteiger partial charge in [-0.25, -0.2) is 13.2 Å². The molecule has 21 heavy (non-hydrogen) atoms. The predicted molar refractivity (Wildman–Crippen MR) is 74.9 cm³/mol. The highest BCUT2D eigenvalue weighted by Crippen LogP contribution is 2.26. The molecule has 0 spiro atoms. The Kier molecular flexibility index (Phi) is 5.70. The molecule has 0 aliphatic carbocycles. The van der Waals surface area contributed by atoms with Gasteiger partial charge in [0.2, 0.25) is 10.0 Å². The Labute approximate surface area is 127 Å². The smallest absolute Gasteiger partial charge is 0.337 e. The molecule has 0 saturated carbocycles. The van der Waals surface area contributed by atoms with E-state index in [0.29, 0.717) is 0 Å². The molecule has 116 valence electrons. The van der Waals surface area contributed by atoms with Gasteiger partial charge in [-0.05, 0) is 18.2 Å². The molecule has 0 atom stereocenters. The maximum absolute atomic E-state index is 12.4. The number of sulfonamides is 1. The van der Waals surface area contributed by atoms with Gasteiger partial charge in [-0.3, -0.25) is 4.79 Å². The summed E-state index contributed by atoms with van der Waals surface area (Å²) in [5, 5.41) is 8.66. The highest BCUT2D eigenvalue weighted by molar-refractivity contribution is 7.89. The van der Waals surface area contributed by atoms with Crippen molar-refractivity contribution < 1.29 is 27.9 Å². The number of carbonyl (C=O) groups excluding carboxylic acids is 1. The maximum atomic E-state index is 12.4. The number of hydrogen-bond donors (Lipinski definition) is 1. The molecule has 1 rings (SSSR count). The number of carboxylic acid groups (broad SMARTS) is 1. The van der Waals surface area contributed by atoms with Crippen LogP contribution in [0, 0.1) is 0 Å². The molecular formula is C12H14ClNO6S. The first-order chi connectivity index (χ1) is 9.73. The van der Waals surface area contributed by atoms with Gasteiger partial charge < -0.3 is 9.84 Å². The fourth-order valence-electron chi connectivity index (χ4n) is 1.60. The Hall–Kier alpha value is -1.64. The van der Waals surface area contributed by atoms with Gasteiger partial charge in [-0.1, -0.05) is 18.5 Å². The van der Waals surface area contributed by atoms with Gasteiger partial charge in [0.1, 0.15) is 11.4 Å². The van der Waals surface area contributed by atoms with Crippen molar-refractivity contribution in [1.29, 1.82) is 0 Å². The lowest BCUT2D eigenvalue weighted by Gasteiger charge is -2.19. The zero-order valence-corrected chi connectivity index (χ0v) is 12.9. The predicted octanol–water partition coefficient (Wildman–Crippen LogP) is 1.22. The molecule has 0 fully saturated rings. The average molecular weight is 336 g/mol. The van der Waals surface area contributed by atoms with Crippen LogP contribution >= 0.6 is 11.6 Å². The molecule has 0 aliphatic heterocycles. The van der Waals surface area contributed by atoms with Crippen LogP contribution in [0.5, 0.6) is 0 Å². The highest BCUT2D eigenvalue weighted by atomic mass is 35.5. The van der Waals surface area contributed by atoms with Crippen molar-refractivity contribution in [3.05, 3.63) is 28.8 Å². The minimum absolute atomic E-state index is 0.00635. The quantitative estimate of drug-likeness (QED) is 0.784. The lowest BCUT2D eigenvalue weighted by Crippen LogP contribution is -2.35. The molecule has 9 heteroatoms. The number of carboxylic acids is 1. The van der Waals surface area contributed by atoms with Gasteiger partial charge in [0.15, 0.2) is 0 Å². The largest absolute Gasteiger partial charge is 0.480 e. The van der Waals surface area contributed by atoms with E-state index in [1.165, 1.54) is 19.1 Å². The van der Waals surface area contributed by atoms with Gasteiger partial charge in [0.05, 0.1) is 17.7 Å². The number of halogens is 1. The van der Waals surface area contributed by atoms with Crippen LogP contribution in [0.15, 0.2) is 23.1 Å². The van der Waals surface area contributed by atoms with E-state index in [0.717, 1.165) is 17.5 Å². The Morgan fingerprint density at radius 2 is 2.00 bits per heavy atom. The van der Waals surface area contributed by atoms with Crippen molar-refractivity contribution in [3.8, 4) is 0 Å². The Balaban J connectivity index is 3.35. The number of aliphatic carboxylic acids is 1. The summed E-state index contributed by atoms with van der Waals surface area (Å²) in [4.78, 5) is 21.9. The third-order valence-corrected chi connectivity index (χ3v) is 5.04. The zero-order chi connectivity index (χ0) is 16.2. The van der Waals surface area contributed by atoms with Gasteiger partial charge in [-0.15, -0.1) is 0 Å². The minimum atomic E-state index is -4.13. The van der Waals surface area contributed by atoms with Crippen LogP contribution in [0.1, 0.15) is 17.3 Å². The summed E-state index contributed by atoms with van der Waals surface area (Å²) >= 11 is 5.86. The van der Waals surface area contributed by atoms with Crippen LogP contribution < -0.4 is 0 Å². The average Bonchev–Trinajstić information content (AvgIpc) is 2.43. The van der Waals surface area contributed by atoms with E-state index in [9.17, 15) is 18.0 Å². The number of nitrogens with zero attached hydrogens (tertiary/aromatic N) is 1. The van der Waals surface area contributed by atoms with Crippen molar-refractivity contribution in [3.63, 3.8) is 0 Å². The number of benzene rings is 1. The normalized spacial score (nSPS) is 11.4. The van der Waals surface area contributed by atoms with Crippen LogP contribution in [0.2, 0.25) is 5.02 Å². The van der Waals surface area contributed by atoms with E-state index in [1.807, 2.05) is 0 Å². The number of esters is 1. The first-order valence-corrected chi connectivity index (χ1v) is 7.65.